The smallest absolute Gasteiger partial charge is 0.319 e. The topological polar surface area (TPSA) is 84.7 Å². The number of halogens is 2. The predicted molar refractivity (Wildman–Crippen MR) is 109 cm³/mol. The molecule has 7 nitrogen and oxygen atoms in total. The van der Waals surface area contributed by atoms with Gasteiger partial charge in [-0.3, -0.25) is 9.36 Å². The molecule has 0 aliphatic heterocycles. The summed E-state index contributed by atoms with van der Waals surface area (Å²) in [4.78, 5) is 25.0. The van der Waals surface area contributed by atoms with Crippen LogP contribution in [0.15, 0.2) is 24.7 Å². The van der Waals surface area contributed by atoms with E-state index < -0.39 is 6.55 Å². The van der Waals surface area contributed by atoms with Crippen LogP contribution in [0.5, 0.6) is 0 Å². The van der Waals surface area contributed by atoms with Crippen LogP contribution in [0.25, 0.3) is 10.8 Å². The number of alkyl halides is 2. The van der Waals surface area contributed by atoms with Gasteiger partial charge in [0.15, 0.2) is 0 Å². The molecule has 1 aliphatic rings. The summed E-state index contributed by atoms with van der Waals surface area (Å²) < 4.78 is 26.7. The van der Waals surface area contributed by atoms with Crippen molar-refractivity contribution in [2.45, 2.75) is 26.8 Å². The lowest BCUT2D eigenvalue weighted by molar-refractivity contribution is -0.117. The molecule has 0 saturated heterocycles. The first-order valence-corrected chi connectivity index (χ1v) is 9.50. The number of amides is 1. The first kappa shape index (κ1) is 19.8. The maximum atomic E-state index is 12.9. The second kappa shape index (κ2) is 7.71. The van der Waals surface area contributed by atoms with E-state index in [1.165, 1.54) is 13.1 Å². The van der Waals surface area contributed by atoms with Crippen molar-refractivity contribution in [2.75, 3.05) is 17.7 Å². The van der Waals surface area contributed by atoms with Gasteiger partial charge in [-0.25, -0.2) is 15.0 Å². The van der Waals surface area contributed by atoms with Gasteiger partial charge in [0.2, 0.25) is 5.91 Å². The van der Waals surface area contributed by atoms with E-state index in [2.05, 4.69) is 37.4 Å². The lowest BCUT2D eigenvalue weighted by atomic mass is 10.1. The fourth-order valence-electron chi connectivity index (χ4n) is 3.28. The highest BCUT2D eigenvalue weighted by Gasteiger charge is 2.39. The Balaban J connectivity index is 1.71. The molecule has 0 bridgehead atoms. The zero-order valence-corrected chi connectivity index (χ0v) is 16.7. The van der Waals surface area contributed by atoms with Crippen LogP contribution in [-0.4, -0.2) is 32.5 Å². The number of hydrogen-bond acceptors (Lipinski definition) is 5. The Morgan fingerprint density at radius 3 is 2.67 bits per heavy atom. The third-order valence-electron chi connectivity index (χ3n) is 5.16. The van der Waals surface area contributed by atoms with Gasteiger partial charge in [-0.1, -0.05) is 12.8 Å². The molecule has 0 spiro atoms. The first-order chi connectivity index (χ1) is 14.4. The fourth-order valence-corrected chi connectivity index (χ4v) is 3.28. The van der Waals surface area contributed by atoms with Gasteiger partial charge < -0.3 is 10.6 Å². The van der Waals surface area contributed by atoms with Crippen LogP contribution >= 0.6 is 0 Å². The van der Waals surface area contributed by atoms with E-state index in [-0.39, 0.29) is 23.3 Å². The maximum Gasteiger partial charge on any atom is 0.319 e. The second-order valence-corrected chi connectivity index (χ2v) is 7.30. The van der Waals surface area contributed by atoms with Gasteiger partial charge in [0.25, 0.3) is 0 Å². The standard InChI is InChI=1S/C21H20F2N6O/c1-11-6-15(11)20(30)28-18-7-16-13(8-26-19(24-3)17(16)9-25-18)4-5-14-10-29(21(22)23)12(2)27-14/h7-11,15,21H,6H2,1-3H3,(H,24,26)(H,25,28,30). The van der Waals surface area contributed by atoms with E-state index in [1.54, 1.807) is 25.5 Å². The number of fused-ring (bicyclic) bond motifs is 1. The van der Waals surface area contributed by atoms with E-state index in [0.29, 0.717) is 23.1 Å². The molecule has 0 radical (unpaired) electrons. The molecule has 1 aliphatic carbocycles. The molecule has 1 amide bonds. The molecule has 1 saturated carbocycles. The Kier molecular flexibility index (Phi) is 5.08. The van der Waals surface area contributed by atoms with Gasteiger partial charge in [0, 0.05) is 42.3 Å². The number of nitrogens with one attached hydrogen (secondary N) is 2. The molecule has 3 heterocycles. The molecule has 2 N–H and O–H groups in total. The van der Waals surface area contributed by atoms with Crippen LogP contribution < -0.4 is 10.6 Å². The summed E-state index contributed by atoms with van der Waals surface area (Å²) in [5, 5.41) is 7.32. The van der Waals surface area contributed by atoms with Crippen molar-refractivity contribution >= 4 is 28.3 Å². The Morgan fingerprint density at radius 1 is 1.27 bits per heavy atom. The van der Waals surface area contributed by atoms with Crippen molar-refractivity contribution < 1.29 is 13.6 Å². The number of pyridine rings is 2. The minimum atomic E-state index is -2.67. The van der Waals surface area contributed by atoms with E-state index in [1.807, 2.05) is 6.92 Å². The zero-order chi connectivity index (χ0) is 21.4. The zero-order valence-electron chi connectivity index (χ0n) is 16.7. The van der Waals surface area contributed by atoms with Crippen LogP contribution in [0.2, 0.25) is 0 Å². The van der Waals surface area contributed by atoms with Crippen LogP contribution in [0, 0.1) is 30.6 Å². The van der Waals surface area contributed by atoms with Gasteiger partial charge in [-0.15, -0.1) is 0 Å². The summed E-state index contributed by atoms with van der Waals surface area (Å²) in [6, 6.07) is 1.75. The molecule has 3 aromatic heterocycles. The Morgan fingerprint density at radius 2 is 2.03 bits per heavy atom. The van der Waals surface area contributed by atoms with Gasteiger partial charge in [0.1, 0.15) is 23.2 Å². The van der Waals surface area contributed by atoms with Crippen LogP contribution in [0.3, 0.4) is 0 Å². The van der Waals surface area contributed by atoms with Crippen molar-refractivity contribution in [1.82, 2.24) is 19.5 Å². The van der Waals surface area contributed by atoms with Crippen molar-refractivity contribution in [3.8, 4) is 11.8 Å². The van der Waals surface area contributed by atoms with E-state index in [0.717, 1.165) is 21.8 Å². The summed E-state index contributed by atoms with van der Waals surface area (Å²) in [6.45, 7) is 0.863. The number of nitrogens with zero attached hydrogens (tertiary/aromatic N) is 4. The van der Waals surface area contributed by atoms with Gasteiger partial charge in [0.05, 0.1) is 5.56 Å². The number of aromatic nitrogens is 4. The van der Waals surface area contributed by atoms with Gasteiger partial charge in [-0.2, -0.15) is 8.78 Å². The van der Waals surface area contributed by atoms with Crippen molar-refractivity contribution in [3.05, 3.63) is 41.7 Å². The van der Waals surface area contributed by atoms with Crippen molar-refractivity contribution in [2.24, 2.45) is 11.8 Å². The highest BCUT2D eigenvalue weighted by molar-refractivity contribution is 5.99. The lowest BCUT2D eigenvalue weighted by Gasteiger charge is -2.09. The number of rotatable bonds is 4. The average molecular weight is 410 g/mol. The van der Waals surface area contributed by atoms with E-state index in [4.69, 9.17) is 0 Å². The summed E-state index contributed by atoms with van der Waals surface area (Å²) >= 11 is 0. The molecular weight excluding hydrogens is 390 g/mol. The fraction of sp³-hybridized carbons (Fsp3) is 0.333. The van der Waals surface area contributed by atoms with Crippen LogP contribution in [0.1, 0.15) is 37.0 Å². The molecule has 2 unspecified atom stereocenters. The van der Waals surface area contributed by atoms with Gasteiger partial charge >= 0.3 is 6.55 Å². The third-order valence-corrected chi connectivity index (χ3v) is 5.16. The largest absolute Gasteiger partial charge is 0.373 e. The highest BCUT2D eigenvalue weighted by Crippen LogP contribution is 2.38. The highest BCUT2D eigenvalue weighted by atomic mass is 19.3. The molecule has 4 rings (SSSR count). The second-order valence-electron chi connectivity index (χ2n) is 7.30. The molecule has 154 valence electrons. The Bertz CT molecular complexity index is 1190. The SMILES string of the molecule is CNc1ncc(C#Cc2cn(C(F)F)c(C)n2)c2cc(NC(=O)C3CC3C)ncc12. The molecule has 9 heteroatoms. The summed E-state index contributed by atoms with van der Waals surface area (Å²) in [5.41, 5.74) is 0.815. The minimum Gasteiger partial charge on any atom is -0.373 e. The normalized spacial score (nSPS) is 17.5. The van der Waals surface area contributed by atoms with E-state index >= 15 is 0 Å². The number of carbonyl (C=O) groups excluding carboxylic acids is 1. The molecule has 3 aromatic rings. The third kappa shape index (κ3) is 3.81. The number of imidazole rings is 1. The monoisotopic (exact) mass is 410 g/mol. The van der Waals surface area contributed by atoms with Crippen LogP contribution in [-0.2, 0) is 4.79 Å². The predicted octanol–water partition coefficient (Wildman–Crippen LogP) is 3.57. The molecule has 0 aromatic carbocycles. The first-order valence-electron chi connectivity index (χ1n) is 9.50. The quantitative estimate of drug-likeness (QED) is 0.643. The molecule has 2 atom stereocenters. The molecule has 1 fully saturated rings. The number of hydrogen-bond donors (Lipinski definition) is 2. The molecule has 30 heavy (non-hydrogen) atoms. The number of aryl methyl sites for hydroxylation is 1. The Labute approximate surface area is 171 Å². The minimum absolute atomic E-state index is 0.0280. The van der Waals surface area contributed by atoms with Gasteiger partial charge in [-0.05, 0) is 31.2 Å². The lowest BCUT2D eigenvalue weighted by Crippen LogP contribution is -2.15. The number of carbonyl (C=O) groups is 1. The molecular formula is C21H20F2N6O. The Hall–Kier alpha value is -3.54. The average Bonchev–Trinajstić information content (AvgIpc) is 3.33. The summed E-state index contributed by atoms with van der Waals surface area (Å²) in [6.07, 6.45) is 5.32. The van der Waals surface area contributed by atoms with Crippen molar-refractivity contribution in [3.63, 3.8) is 0 Å². The van der Waals surface area contributed by atoms with E-state index in [9.17, 15) is 13.6 Å². The van der Waals surface area contributed by atoms with Crippen molar-refractivity contribution in [1.29, 1.82) is 0 Å². The number of anilines is 2. The van der Waals surface area contributed by atoms with Crippen LogP contribution in [0.4, 0.5) is 20.4 Å². The maximum absolute atomic E-state index is 12.9. The summed E-state index contributed by atoms with van der Waals surface area (Å²) in [7, 11) is 1.75. The summed E-state index contributed by atoms with van der Waals surface area (Å²) in [5.74, 6) is 7.39.